The molecule has 3 rings (SSSR count). The topological polar surface area (TPSA) is 58.2 Å². The number of rotatable bonds is 5. The van der Waals surface area contributed by atoms with Gasteiger partial charge in [0.15, 0.2) is 0 Å². The second-order valence-electron chi connectivity index (χ2n) is 5.60. The summed E-state index contributed by atoms with van der Waals surface area (Å²) in [6.45, 7) is 2.34. The highest BCUT2D eigenvalue weighted by atomic mass is 32.2. The maximum absolute atomic E-state index is 12.4. The Hall–Kier alpha value is -1.69. The van der Waals surface area contributed by atoms with Crippen LogP contribution < -0.4 is 10.0 Å². The molecule has 4 nitrogen and oxygen atoms in total. The molecule has 1 aliphatic rings. The Morgan fingerprint density at radius 1 is 1.05 bits per heavy atom. The fraction of sp³-hybridized carbons (Fsp3) is 0.294. The van der Waals surface area contributed by atoms with E-state index >= 15 is 0 Å². The lowest BCUT2D eigenvalue weighted by atomic mass is 10.1. The summed E-state index contributed by atoms with van der Waals surface area (Å²) in [7, 11) is -3.46. The molecular formula is C17H20N2O2S. The predicted octanol–water partition coefficient (Wildman–Crippen LogP) is 2.24. The molecule has 2 aromatic rings. The summed E-state index contributed by atoms with van der Waals surface area (Å²) in [4.78, 5) is 0.319. The zero-order valence-electron chi connectivity index (χ0n) is 12.3. The van der Waals surface area contributed by atoms with Gasteiger partial charge in [-0.25, -0.2) is 13.1 Å². The minimum atomic E-state index is -3.46. The van der Waals surface area contributed by atoms with Crippen molar-refractivity contribution in [2.75, 3.05) is 19.6 Å². The van der Waals surface area contributed by atoms with E-state index in [9.17, 15) is 8.42 Å². The minimum Gasteiger partial charge on any atom is -0.316 e. The molecular weight excluding hydrogens is 296 g/mol. The number of benzene rings is 2. The van der Waals surface area contributed by atoms with Crippen LogP contribution in [0.5, 0.6) is 0 Å². The third-order valence-corrected chi connectivity index (χ3v) is 5.40. The Morgan fingerprint density at radius 2 is 1.82 bits per heavy atom. The van der Waals surface area contributed by atoms with Crippen molar-refractivity contribution in [3.05, 3.63) is 54.6 Å². The van der Waals surface area contributed by atoms with E-state index < -0.39 is 10.0 Å². The van der Waals surface area contributed by atoms with Gasteiger partial charge in [0, 0.05) is 6.54 Å². The van der Waals surface area contributed by atoms with Crippen molar-refractivity contribution >= 4 is 10.0 Å². The SMILES string of the molecule is O=S(=O)(NCC1CCNC1)c1cccc(-c2ccccc2)c1. The summed E-state index contributed by atoms with van der Waals surface area (Å²) in [5.41, 5.74) is 1.92. The zero-order valence-corrected chi connectivity index (χ0v) is 13.1. The van der Waals surface area contributed by atoms with Gasteiger partial charge in [0.05, 0.1) is 4.90 Å². The normalized spacial score (nSPS) is 18.5. The third-order valence-electron chi connectivity index (χ3n) is 3.98. The molecule has 2 aromatic carbocycles. The van der Waals surface area contributed by atoms with E-state index in [0.29, 0.717) is 17.4 Å². The summed E-state index contributed by atoms with van der Waals surface area (Å²) in [6, 6.07) is 16.9. The van der Waals surface area contributed by atoms with Crippen molar-refractivity contribution < 1.29 is 8.42 Å². The molecule has 116 valence electrons. The van der Waals surface area contributed by atoms with Gasteiger partial charge in [-0.05, 0) is 48.7 Å². The second kappa shape index (κ2) is 6.60. The summed E-state index contributed by atoms with van der Waals surface area (Å²) in [6.07, 6.45) is 1.02. The Kier molecular flexibility index (Phi) is 4.57. The van der Waals surface area contributed by atoms with Crippen LogP contribution in [0, 0.1) is 5.92 Å². The highest BCUT2D eigenvalue weighted by Crippen LogP contribution is 2.22. The number of hydrogen-bond donors (Lipinski definition) is 2. The van der Waals surface area contributed by atoms with Gasteiger partial charge in [0.1, 0.15) is 0 Å². The molecule has 22 heavy (non-hydrogen) atoms. The monoisotopic (exact) mass is 316 g/mol. The molecule has 1 unspecified atom stereocenters. The average Bonchev–Trinajstić information content (AvgIpc) is 3.08. The summed E-state index contributed by atoms with van der Waals surface area (Å²) in [5.74, 6) is 0.382. The molecule has 5 heteroatoms. The first-order valence-electron chi connectivity index (χ1n) is 7.51. The second-order valence-corrected chi connectivity index (χ2v) is 7.37. The van der Waals surface area contributed by atoms with Gasteiger partial charge >= 0.3 is 0 Å². The molecule has 0 aliphatic carbocycles. The fourth-order valence-electron chi connectivity index (χ4n) is 2.67. The Bertz CT molecular complexity index is 723. The molecule has 2 N–H and O–H groups in total. The fourth-order valence-corrected chi connectivity index (χ4v) is 3.83. The molecule has 0 amide bonds. The number of sulfonamides is 1. The van der Waals surface area contributed by atoms with E-state index in [-0.39, 0.29) is 0 Å². The maximum atomic E-state index is 12.4. The molecule has 0 saturated carbocycles. The standard InChI is InChI=1S/C17H20N2O2S/c20-22(21,19-13-14-9-10-18-12-14)17-8-4-7-16(11-17)15-5-2-1-3-6-15/h1-8,11,14,18-19H,9-10,12-13H2. The van der Waals surface area contributed by atoms with Crippen molar-refractivity contribution in [3.8, 4) is 11.1 Å². The Labute approximate surface area is 131 Å². The molecule has 1 fully saturated rings. The molecule has 0 aromatic heterocycles. The highest BCUT2D eigenvalue weighted by Gasteiger charge is 2.19. The minimum absolute atomic E-state index is 0.319. The van der Waals surface area contributed by atoms with E-state index in [4.69, 9.17) is 0 Å². The average molecular weight is 316 g/mol. The quantitative estimate of drug-likeness (QED) is 0.889. The molecule has 0 bridgehead atoms. The largest absolute Gasteiger partial charge is 0.316 e. The van der Waals surface area contributed by atoms with Crippen LogP contribution in [0.4, 0.5) is 0 Å². The van der Waals surface area contributed by atoms with Crippen LogP contribution in [0.15, 0.2) is 59.5 Å². The van der Waals surface area contributed by atoms with Crippen LogP contribution in [0.3, 0.4) is 0 Å². The third kappa shape index (κ3) is 3.55. The molecule has 1 atom stereocenters. The van der Waals surface area contributed by atoms with Gasteiger partial charge in [-0.3, -0.25) is 0 Å². The summed E-state index contributed by atoms with van der Waals surface area (Å²) < 4.78 is 27.6. The van der Waals surface area contributed by atoms with Crippen LogP contribution in [0.1, 0.15) is 6.42 Å². The lowest BCUT2D eigenvalue weighted by molar-refractivity contribution is 0.539. The molecule has 1 heterocycles. The van der Waals surface area contributed by atoms with Crippen molar-refractivity contribution in [2.24, 2.45) is 5.92 Å². The first-order valence-corrected chi connectivity index (χ1v) is 8.99. The number of hydrogen-bond acceptors (Lipinski definition) is 3. The first-order chi connectivity index (χ1) is 10.6. The van der Waals surface area contributed by atoms with Gasteiger partial charge in [-0.1, -0.05) is 42.5 Å². The zero-order chi connectivity index (χ0) is 15.4. The van der Waals surface area contributed by atoms with E-state index in [2.05, 4.69) is 10.0 Å². The van der Waals surface area contributed by atoms with E-state index in [0.717, 1.165) is 30.6 Å². The van der Waals surface area contributed by atoms with Gasteiger partial charge in [0.2, 0.25) is 10.0 Å². The maximum Gasteiger partial charge on any atom is 0.240 e. The van der Waals surface area contributed by atoms with Gasteiger partial charge in [0.25, 0.3) is 0 Å². The summed E-state index contributed by atoms with van der Waals surface area (Å²) in [5, 5.41) is 3.24. The lowest BCUT2D eigenvalue weighted by Gasteiger charge is -2.11. The Morgan fingerprint density at radius 3 is 2.55 bits per heavy atom. The smallest absolute Gasteiger partial charge is 0.240 e. The molecule has 1 saturated heterocycles. The first kappa shape index (κ1) is 15.2. The Balaban J connectivity index is 1.78. The molecule has 0 spiro atoms. The van der Waals surface area contributed by atoms with Crippen LogP contribution in [-0.2, 0) is 10.0 Å². The van der Waals surface area contributed by atoms with Crippen molar-refractivity contribution in [2.45, 2.75) is 11.3 Å². The van der Waals surface area contributed by atoms with E-state index in [1.165, 1.54) is 0 Å². The van der Waals surface area contributed by atoms with Crippen molar-refractivity contribution in [1.82, 2.24) is 10.0 Å². The van der Waals surface area contributed by atoms with Crippen molar-refractivity contribution in [1.29, 1.82) is 0 Å². The summed E-state index contributed by atoms with van der Waals surface area (Å²) >= 11 is 0. The van der Waals surface area contributed by atoms with Crippen LogP contribution in [0.2, 0.25) is 0 Å². The van der Waals surface area contributed by atoms with Crippen LogP contribution in [-0.4, -0.2) is 28.1 Å². The highest BCUT2D eigenvalue weighted by molar-refractivity contribution is 7.89. The van der Waals surface area contributed by atoms with E-state index in [1.54, 1.807) is 18.2 Å². The molecule has 0 radical (unpaired) electrons. The van der Waals surface area contributed by atoms with Gasteiger partial charge in [-0.2, -0.15) is 0 Å². The van der Waals surface area contributed by atoms with Crippen LogP contribution in [0.25, 0.3) is 11.1 Å². The van der Waals surface area contributed by atoms with Gasteiger partial charge in [-0.15, -0.1) is 0 Å². The molecule has 1 aliphatic heterocycles. The predicted molar refractivity (Wildman–Crippen MR) is 88.0 cm³/mol. The van der Waals surface area contributed by atoms with Crippen molar-refractivity contribution in [3.63, 3.8) is 0 Å². The van der Waals surface area contributed by atoms with Gasteiger partial charge < -0.3 is 5.32 Å². The lowest BCUT2D eigenvalue weighted by Crippen LogP contribution is -2.30. The van der Waals surface area contributed by atoms with Crippen LogP contribution >= 0.6 is 0 Å². The van der Waals surface area contributed by atoms with E-state index in [1.807, 2.05) is 36.4 Å². The number of nitrogens with one attached hydrogen (secondary N) is 2.